The fourth-order valence-corrected chi connectivity index (χ4v) is 3.87. The minimum Gasteiger partial charge on any atom is -0.346 e. The lowest BCUT2D eigenvalue weighted by molar-refractivity contribution is -0.142. The summed E-state index contributed by atoms with van der Waals surface area (Å²) in [6.45, 7) is 0.167. The zero-order valence-corrected chi connectivity index (χ0v) is 20.4. The van der Waals surface area contributed by atoms with Crippen molar-refractivity contribution in [3.63, 3.8) is 0 Å². The van der Waals surface area contributed by atoms with Crippen LogP contribution in [0.25, 0.3) is 16.9 Å². The van der Waals surface area contributed by atoms with Crippen LogP contribution in [0.15, 0.2) is 55.0 Å². The number of halogens is 4. The first kappa shape index (κ1) is 25.6. The molecule has 15 heteroatoms. The number of benzene rings is 1. The van der Waals surface area contributed by atoms with Crippen LogP contribution in [0.1, 0.15) is 32.2 Å². The zero-order chi connectivity index (χ0) is 27.9. The van der Waals surface area contributed by atoms with Crippen molar-refractivity contribution >= 4 is 23.1 Å². The minimum absolute atomic E-state index is 0.0173. The van der Waals surface area contributed by atoms with Crippen molar-refractivity contribution in [3.8, 4) is 11.3 Å². The Morgan fingerprint density at radius 1 is 1.00 bits per heavy atom. The number of anilines is 1. The van der Waals surface area contributed by atoms with Gasteiger partial charge in [-0.3, -0.25) is 19.0 Å². The van der Waals surface area contributed by atoms with E-state index in [-0.39, 0.29) is 40.5 Å². The van der Waals surface area contributed by atoms with Gasteiger partial charge in [0.1, 0.15) is 11.5 Å². The Kier molecular flexibility index (Phi) is 6.33. The van der Waals surface area contributed by atoms with E-state index >= 15 is 0 Å². The lowest BCUT2D eigenvalue weighted by atomic mass is 10.1. The Labute approximate surface area is 217 Å². The molecule has 2 amide bonds. The number of carbonyl (C=O) groups excluding carboxylic acids is 2. The Morgan fingerprint density at radius 2 is 1.74 bits per heavy atom. The summed E-state index contributed by atoms with van der Waals surface area (Å²) in [5.41, 5.74) is -0.859. The maximum Gasteiger partial charge on any atom is 0.433 e. The van der Waals surface area contributed by atoms with E-state index in [0.29, 0.717) is 4.52 Å². The Bertz CT molecular complexity index is 1700. The highest BCUT2D eigenvalue weighted by Gasteiger charge is 2.36. The molecule has 0 atom stereocenters. The van der Waals surface area contributed by atoms with E-state index in [1.165, 1.54) is 30.1 Å². The van der Waals surface area contributed by atoms with Crippen molar-refractivity contribution in [2.75, 3.05) is 5.32 Å². The molecule has 4 aromatic heterocycles. The molecule has 0 aliphatic carbocycles. The van der Waals surface area contributed by atoms with Crippen LogP contribution in [0.5, 0.6) is 0 Å². The molecular formula is C24H19F4N9O2. The molecule has 0 aliphatic rings. The maximum atomic E-state index is 13.9. The summed E-state index contributed by atoms with van der Waals surface area (Å²) >= 11 is 0. The van der Waals surface area contributed by atoms with E-state index in [4.69, 9.17) is 0 Å². The van der Waals surface area contributed by atoms with Gasteiger partial charge in [0.2, 0.25) is 0 Å². The number of aromatic nitrogens is 7. The number of carbonyl (C=O) groups is 2. The molecule has 4 heterocycles. The van der Waals surface area contributed by atoms with Crippen LogP contribution in [-0.2, 0) is 26.8 Å². The summed E-state index contributed by atoms with van der Waals surface area (Å²) < 4.78 is 58.2. The van der Waals surface area contributed by atoms with Gasteiger partial charge in [0, 0.05) is 44.0 Å². The summed E-state index contributed by atoms with van der Waals surface area (Å²) in [4.78, 5) is 30.0. The molecular weight excluding hydrogens is 522 g/mol. The molecule has 0 saturated heterocycles. The third kappa shape index (κ3) is 5.18. The van der Waals surface area contributed by atoms with Crippen LogP contribution in [0.3, 0.4) is 0 Å². The number of amides is 2. The number of nitrogens with zero attached hydrogens (tertiary/aromatic N) is 7. The Hall–Kier alpha value is -5.08. The van der Waals surface area contributed by atoms with Gasteiger partial charge in [0.15, 0.2) is 17.0 Å². The number of hydrogen-bond acceptors (Lipinski definition) is 6. The highest BCUT2D eigenvalue weighted by Crippen LogP contribution is 2.32. The second-order valence-corrected chi connectivity index (χ2v) is 8.52. The molecule has 0 bridgehead atoms. The van der Waals surface area contributed by atoms with Crippen molar-refractivity contribution < 1.29 is 27.2 Å². The molecule has 0 saturated carbocycles. The molecule has 5 rings (SSSR count). The van der Waals surface area contributed by atoms with Crippen LogP contribution < -0.4 is 10.6 Å². The lowest BCUT2D eigenvalue weighted by Gasteiger charge is -2.11. The SMILES string of the molecule is Cn1cc(CNC(=O)c2c(NC(=O)c3cc4nc(-c5ccc(F)cc5)cc(C(F)(F)F)n4n3)cnn2C)cn1. The van der Waals surface area contributed by atoms with Gasteiger partial charge in [-0.2, -0.15) is 28.5 Å². The Morgan fingerprint density at radius 3 is 2.41 bits per heavy atom. The van der Waals surface area contributed by atoms with Gasteiger partial charge in [-0.1, -0.05) is 0 Å². The summed E-state index contributed by atoms with van der Waals surface area (Å²) in [5, 5.41) is 17.0. The Balaban J connectivity index is 1.43. The lowest BCUT2D eigenvalue weighted by Crippen LogP contribution is -2.26. The first-order valence-electron chi connectivity index (χ1n) is 11.3. The van der Waals surface area contributed by atoms with Gasteiger partial charge in [0.05, 0.1) is 23.8 Å². The fraction of sp³-hybridized carbons (Fsp3) is 0.167. The van der Waals surface area contributed by atoms with E-state index in [1.54, 1.807) is 24.1 Å². The average molecular weight is 541 g/mol. The summed E-state index contributed by atoms with van der Waals surface area (Å²) in [6, 6.07) is 6.63. The highest BCUT2D eigenvalue weighted by molar-refractivity contribution is 6.07. The van der Waals surface area contributed by atoms with E-state index in [9.17, 15) is 27.2 Å². The van der Waals surface area contributed by atoms with E-state index < -0.39 is 29.5 Å². The number of hydrogen-bond donors (Lipinski definition) is 2. The van der Waals surface area contributed by atoms with Crippen molar-refractivity contribution in [1.82, 2.24) is 39.5 Å². The highest BCUT2D eigenvalue weighted by atomic mass is 19.4. The molecule has 1 aromatic carbocycles. The van der Waals surface area contributed by atoms with E-state index in [0.717, 1.165) is 29.8 Å². The predicted octanol–water partition coefficient (Wildman–Crippen LogP) is 3.20. The number of rotatable bonds is 6. The average Bonchev–Trinajstić information content (AvgIpc) is 3.60. The van der Waals surface area contributed by atoms with E-state index in [1.807, 2.05) is 0 Å². The van der Waals surface area contributed by atoms with Crippen LogP contribution in [0, 0.1) is 5.82 Å². The standard InChI is InChI=1S/C24H19F4N9O2/c1-35-12-13(10-30-35)9-29-23(39)21-18(11-31-36(21)2)33-22(38)17-8-20-32-16(14-3-5-15(25)6-4-14)7-19(24(26,27)28)37(20)34-17/h3-8,10-12H,9H2,1-2H3,(H,29,39)(H,33,38). The van der Waals surface area contributed by atoms with Crippen LogP contribution in [0.4, 0.5) is 23.2 Å². The van der Waals surface area contributed by atoms with Gasteiger partial charge in [-0.25, -0.2) is 13.9 Å². The van der Waals surface area contributed by atoms with Gasteiger partial charge >= 0.3 is 6.18 Å². The topological polar surface area (TPSA) is 124 Å². The minimum atomic E-state index is -4.83. The number of alkyl halides is 3. The smallest absolute Gasteiger partial charge is 0.346 e. The zero-order valence-electron chi connectivity index (χ0n) is 20.4. The molecule has 0 radical (unpaired) electrons. The molecule has 39 heavy (non-hydrogen) atoms. The van der Waals surface area contributed by atoms with Gasteiger partial charge in [-0.05, 0) is 30.3 Å². The third-order valence-electron chi connectivity index (χ3n) is 5.70. The summed E-state index contributed by atoms with van der Waals surface area (Å²) in [7, 11) is 3.23. The van der Waals surface area contributed by atoms with Gasteiger partial charge < -0.3 is 10.6 Å². The van der Waals surface area contributed by atoms with Crippen LogP contribution in [-0.4, -0.2) is 46.0 Å². The quantitative estimate of drug-likeness (QED) is 0.318. The number of fused-ring (bicyclic) bond motifs is 1. The van der Waals surface area contributed by atoms with Gasteiger partial charge in [0.25, 0.3) is 11.8 Å². The fourth-order valence-electron chi connectivity index (χ4n) is 3.87. The normalized spacial score (nSPS) is 11.6. The van der Waals surface area contributed by atoms with Crippen LogP contribution in [0.2, 0.25) is 0 Å². The second kappa shape index (κ2) is 9.66. The van der Waals surface area contributed by atoms with Crippen molar-refractivity contribution in [2.24, 2.45) is 14.1 Å². The molecule has 200 valence electrons. The summed E-state index contributed by atoms with van der Waals surface area (Å²) in [5.74, 6) is -1.99. The monoisotopic (exact) mass is 541 g/mol. The summed E-state index contributed by atoms with van der Waals surface area (Å²) in [6.07, 6.45) is -0.294. The van der Waals surface area contributed by atoms with Crippen molar-refractivity contribution in [2.45, 2.75) is 12.7 Å². The number of aryl methyl sites for hydroxylation is 2. The molecule has 11 nitrogen and oxygen atoms in total. The maximum absolute atomic E-state index is 13.9. The van der Waals surface area contributed by atoms with Crippen molar-refractivity contribution in [1.29, 1.82) is 0 Å². The molecule has 0 spiro atoms. The number of nitrogens with one attached hydrogen (secondary N) is 2. The molecule has 0 fully saturated rings. The molecule has 2 N–H and O–H groups in total. The van der Waals surface area contributed by atoms with E-state index in [2.05, 4.69) is 30.9 Å². The first-order valence-corrected chi connectivity index (χ1v) is 11.3. The van der Waals surface area contributed by atoms with Crippen LogP contribution >= 0.6 is 0 Å². The first-order chi connectivity index (χ1) is 18.5. The molecule has 0 aliphatic heterocycles. The third-order valence-corrected chi connectivity index (χ3v) is 5.70. The van der Waals surface area contributed by atoms with Crippen molar-refractivity contribution in [3.05, 3.63) is 83.5 Å². The predicted molar refractivity (Wildman–Crippen MR) is 129 cm³/mol. The molecule has 5 aromatic rings. The van der Waals surface area contributed by atoms with Gasteiger partial charge in [-0.15, -0.1) is 0 Å². The largest absolute Gasteiger partial charge is 0.433 e. The second-order valence-electron chi connectivity index (χ2n) is 8.52. The molecule has 0 unspecified atom stereocenters.